The number of amides is 1. The number of hydrogen-bond donors (Lipinski definition) is 0. The van der Waals surface area contributed by atoms with E-state index < -0.39 is 5.54 Å². The Morgan fingerprint density at radius 3 is 2.58 bits per heavy atom. The molecule has 3 nitrogen and oxygen atoms in total. The van der Waals surface area contributed by atoms with Gasteiger partial charge < -0.3 is 4.90 Å². The van der Waals surface area contributed by atoms with Crippen LogP contribution in [0.1, 0.15) is 19.3 Å². The van der Waals surface area contributed by atoms with Crippen molar-refractivity contribution in [2.45, 2.75) is 24.8 Å². The van der Waals surface area contributed by atoms with Crippen molar-refractivity contribution in [3.63, 3.8) is 0 Å². The molecule has 0 aliphatic heterocycles. The lowest BCUT2D eigenvalue weighted by molar-refractivity contribution is -0.130. The SMILES string of the molecule is C=CC(=O)N(C)C1(C#N)CCC1. The Morgan fingerprint density at radius 2 is 2.33 bits per heavy atom. The van der Waals surface area contributed by atoms with Gasteiger partial charge in [0.2, 0.25) is 5.91 Å². The van der Waals surface area contributed by atoms with Crippen molar-refractivity contribution in [1.82, 2.24) is 4.90 Å². The predicted molar refractivity (Wildman–Crippen MR) is 45.2 cm³/mol. The lowest BCUT2D eigenvalue weighted by atomic mass is 9.77. The summed E-state index contributed by atoms with van der Waals surface area (Å²) < 4.78 is 0. The van der Waals surface area contributed by atoms with Crippen molar-refractivity contribution in [3.8, 4) is 6.07 Å². The molecule has 1 rings (SSSR count). The highest BCUT2D eigenvalue weighted by atomic mass is 16.2. The highest BCUT2D eigenvalue weighted by Gasteiger charge is 2.42. The van der Waals surface area contributed by atoms with Crippen LogP contribution in [0, 0.1) is 11.3 Å². The van der Waals surface area contributed by atoms with Crippen LogP contribution in [0.3, 0.4) is 0 Å². The third-order valence-corrected chi connectivity index (χ3v) is 2.54. The van der Waals surface area contributed by atoms with E-state index >= 15 is 0 Å². The lowest BCUT2D eigenvalue weighted by Gasteiger charge is -2.42. The van der Waals surface area contributed by atoms with Crippen LogP contribution in [-0.4, -0.2) is 23.4 Å². The minimum absolute atomic E-state index is 0.170. The highest BCUT2D eigenvalue weighted by molar-refractivity contribution is 5.87. The number of carbonyl (C=O) groups is 1. The number of nitrogens with zero attached hydrogens (tertiary/aromatic N) is 2. The Kier molecular flexibility index (Phi) is 2.18. The van der Waals surface area contributed by atoms with Crippen molar-refractivity contribution in [1.29, 1.82) is 5.26 Å². The van der Waals surface area contributed by atoms with Crippen molar-refractivity contribution in [2.75, 3.05) is 7.05 Å². The van der Waals surface area contributed by atoms with E-state index in [2.05, 4.69) is 12.6 Å². The second-order valence-corrected chi connectivity index (χ2v) is 3.10. The monoisotopic (exact) mass is 164 g/mol. The maximum absolute atomic E-state index is 11.2. The molecule has 0 atom stereocenters. The van der Waals surface area contributed by atoms with Gasteiger partial charge in [0.05, 0.1) is 6.07 Å². The van der Waals surface area contributed by atoms with Crippen molar-refractivity contribution < 1.29 is 4.79 Å². The molecule has 0 aromatic rings. The first-order chi connectivity index (χ1) is 5.66. The molecule has 0 N–H and O–H groups in total. The number of likely N-dealkylation sites (N-methyl/N-ethyl adjacent to an activating group) is 1. The van der Waals surface area contributed by atoms with E-state index in [0.29, 0.717) is 0 Å². The Morgan fingerprint density at radius 1 is 1.75 bits per heavy atom. The molecule has 0 heterocycles. The second kappa shape index (κ2) is 2.98. The molecule has 0 spiro atoms. The van der Waals surface area contributed by atoms with E-state index in [4.69, 9.17) is 5.26 Å². The fourth-order valence-electron chi connectivity index (χ4n) is 1.38. The van der Waals surface area contributed by atoms with Crippen LogP contribution in [0.5, 0.6) is 0 Å². The van der Waals surface area contributed by atoms with Gasteiger partial charge in [0, 0.05) is 7.05 Å². The summed E-state index contributed by atoms with van der Waals surface area (Å²) in [6.45, 7) is 3.39. The van der Waals surface area contributed by atoms with Crippen molar-refractivity contribution >= 4 is 5.91 Å². The second-order valence-electron chi connectivity index (χ2n) is 3.10. The molecule has 12 heavy (non-hydrogen) atoms. The summed E-state index contributed by atoms with van der Waals surface area (Å²) in [4.78, 5) is 12.7. The molecule has 0 aromatic carbocycles. The van der Waals surface area contributed by atoms with E-state index in [0.717, 1.165) is 19.3 Å². The average Bonchev–Trinajstić information content (AvgIpc) is 2.02. The quantitative estimate of drug-likeness (QED) is 0.573. The summed E-state index contributed by atoms with van der Waals surface area (Å²) in [6.07, 6.45) is 3.86. The van der Waals surface area contributed by atoms with E-state index in [1.165, 1.54) is 11.0 Å². The maximum atomic E-state index is 11.2. The van der Waals surface area contributed by atoms with Crippen molar-refractivity contribution in [3.05, 3.63) is 12.7 Å². The molecule has 0 saturated heterocycles. The third-order valence-electron chi connectivity index (χ3n) is 2.54. The molecule has 0 radical (unpaired) electrons. The van der Waals surface area contributed by atoms with Gasteiger partial charge in [0.1, 0.15) is 5.54 Å². The molecule has 0 bridgehead atoms. The molecule has 64 valence electrons. The molecule has 1 saturated carbocycles. The fourth-order valence-corrected chi connectivity index (χ4v) is 1.38. The van der Waals surface area contributed by atoms with E-state index in [1.54, 1.807) is 7.05 Å². The molecular formula is C9H12N2O. The summed E-state index contributed by atoms with van der Waals surface area (Å²) in [7, 11) is 1.66. The average molecular weight is 164 g/mol. The minimum atomic E-state index is -0.536. The summed E-state index contributed by atoms with van der Waals surface area (Å²) >= 11 is 0. The third kappa shape index (κ3) is 1.10. The topological polar surface area (TPSA) is 44.1 Å². The molecule has 1 aliphatic rings. The smallest absolute Gasteiger partial charge is 0.246 e. The van der Waals surface area contributed by atoms with Gasteiger partial charge in [0.25, 0.3) is 0 Å². The van der Waals surface area contributed by atoms with Gasteiger partial charge >= 0.3 is 0 Å². The molecular weight excluding hydrogens is 152 g/mol. The van der Waals surface area contributed by atoms with Gasteiger partial charge in [-0.05, 0) is 25.3 Å². The Hall–Kier alpha value is -1.30. The summed E-state index contributed by atoms with van der Waals surface area (Å²) in [6, 6.07) is 2.19. The highest BCUT2D eigenvalue weighted by Crippen LogP contribution is 2.36. The van der Waals surface area contributed by atoms with Crippen LogP contribution in [0.15, 0.2) is 12.7 Å². The summed E-state index contributed by atoms with van der Waals surface area (Å²) in [5.41, 5.74) is -0.536. The predicted octanol–water partition coefficient (Wildman–Crippen LogP) is 1.08. The number of nitriles is 1. The first-order valence-electron chi connectivity index (χ1n) is 3.98. The molecule has 0 aromatic heterocycles. The van der Waals surface area contributed by atoms with Gasteiger partial charge in [-0.2, -0.15) is 5.26 Å². The van der Waals surface area contributed by atoms with Crippen LogP contribution >= 0.6 is 0 Å². The molecule has 1 aliphatic carbocycles. The van der Waals surface area contributed by atoms with Crippen LogP contribution in [-0.2, 0) is 4.79 Å². The van der Waals surface area contributed by atoms with Crippen LogP contribution in [0.2, 0.25) is 0 Å². The van der Waals surface area contributed by atoms with Crippen molar-refractivity contribution in [2.24, 2.45) is 0 Å². The van der Waals surface area contributed by atoms with Gasteiger partial charge in [-0.3, -0.25) is 4.79 Å². The molecule has 1 amide bonds. The minimum Gasteiger partial charge on any atom is -0.324 e. The fraction of sp³-hybridized carbons (Fsp3) is 0.556. The van der Waals surface area contributed by atoms with Gasteiger partial charge in [-0.25, -0.2) is 0 Å². The Balaban J connectivity index is 2.74. The van der Waals surface area contributed by atoms with E-state index in [9.17, 15) is 4.79 Å². The molecule has 0 unspecified atom stereocenters. The van der Waals surface area contributed by atoms with Gasteiger partial charge in [-0.1, -0.05) is 6.58 Å². The normalized spacial score (nSPS) is 18.7. The first-order valence-corrected chi connectivity index (χ1v) is 3.98. The number of carbonyl (C=O) groups excluding carboxylic acids is 1. The van der Waals surface area contributed by atoms with Gasteiger partial charge in [-0.15, -0.1) is 0 Å². The largest absolute Gasteiger partial charge is 0.324 e. The van der Waals surface area contributed by atoms with Gasteiger partial charge in [0.15, 0.2) is 0 Å². The summed E-state index contributed by atoms with van der Waals surface area (Å²) in [5, 5.41) is 8.87. The number of hydrogen-bond acceptors (Lipinski definition) is 2. The van der Waals surface area contributed by atoms with Crippen LogP contribution in [0.25, 0.3) is 0 Å². The Bertz CT molecular complexity index is 248. The molecule has 3 heteroatoms. The van der Waals surface area contributed by atoms with E-state index in [1.807, 2.05) is 0 Å². The Labute approximate surface area is 72.3 Å². The maximum Gasteiger partial charge on any atom is 0.246 e. The van der Waals surface area contributed by atoms with Crippen LogP contribution < -0.4 is 0 Å². The first kappa shape index (κ1) is 8.79. The lowest BCUT2D eigenvalue weighted by Crippen LogP contribution is -2.52. The van der Waals surface area contributed by atoms with Crippen LogP contribution in [0.4, 0.5) is 0 Å². The number of rotatable bonds is 2. The molecule has 1 fully saturated rings. The zero-order valence-electron chi connectivity index (χ0n) is 7.21. The zero-order valence-corrected chi connectivity index (χ0v) is 7.21. The van der Waals surface area contributed by atoms with E-state index in [-0.39, 0.29) is 5.91 Å². The zero-order chi connectivity index (χ0) is 9.19. The standard InChI is InChI=1S/C9H12N2O/c1-3-8(12)11(2)9(7-10)5-4-6-9/h3H,1,4-6H2,2H3. The summed E-state index contributed by atoms with van der Waals surface area (Å²) in [5.74, 6) is -0.170.